The Kier molecular flexibility index (Phi) is 5.71. The van der Waals surface area contributed by atoms with Crippen molar-refractivity contribution in [2.45, 2.75) is 25.9 Å². The first kappa shape index (κ1) is 20.6. The molecule has 0 spiro atoms. The number of ether oxygens (including phenoxy) is 1. The molecule has 3 aromatic carbocycles. The molecule has 31 heavy (non-hydrogen) atoms. The van der Waals surface area contributed by atoms with E-state index >= 15 is 0 Å². The molecule has 1 heterocycles. The number of halogens is 1. The molecule has 0 saturated carbocycles. The number of anilines is 1. The van der Waals surface area contributed by atoms with Crippen molar-refractivity contribution in [3.8, 4) is 5.75 Å². The summed E-state index contributed by atoms with van der Waals surface area (Å²) in [6.07, 6.45) is 0.222. The van der Waals surface area contributed by atoms with Gasteiger partial charge in [0, 0.05) is 11.3 Å². The number of benzene rings is 3. The van der Waals surface area contributed by atoms with Crippen molar-refractivity contribution in [3.05, 3.63) is 94.8 Å². The molecular weight excluding hydrogens is 395 g/mol. The van der Waals surface area contributed by atoms with Crippen molar-refractivity contribution in [3.63, 3.8) is 0 Å². The lowest BCUT2D eigenvalue weighted by Gasteiger charge is -2.18. The highest BCUT2D eigenvalue weighted by Gasteiger charge is 2.28. The minimum Gasteiger partial charge on any atom is -0.497 e. The molecule has 3 aromatic rings. The number of amides is 2. The van der Waals surface area contributed by atoms with Gasteiger partial charge in [0.15, 0.2) is 0 Å². The molecule has 1 atom stereocenters. The zero-order valence-corrected chi connectivity index (χ0v) is 17.4. The van der Waals surface area contributed by atoms with Gasteiger partial charge in [0.1, 0.15) is 11.6 Å². The molecule has 6 heteroatoms. The molecule has 0 radical (unpaired) electrons. The van der Waals surface area contributed by atoms with Gasteiger partial charge in [0.05, 0.1) is 26.1 Å². The van der Waals surface area contributed by atoms with Crippen LogP contribution in [0, 0.1) is 5.82 Å². The third kappa shape index (κ3) is 4.43. The van der Waals surface area contributed by atoms with Crippen LogP contribution >= 0.6 is 0 Å². The van der Waals surface area contributed by atoms with Crippen LogP contribution in [0.25, 0.3) is 0 Å². The summed E-state index contributed by atoms with van der Waals surface area (Å²) in [7, 11) is 1.61. The van der Waals surface area contributed by atoms with Crippen molar-refractivity contribution in [1.29, 1.82) is 0 Å². The van der Waals surface area contributed by atoms with E-state index in [4.69, 9.17) is 4.74 Å². The monoisotopic (exact) mass is 418 g/mol. The number of nitrogens with zero attached hydrogens (tertiary/aromatic N) is 1. The van der Waals surface area contributed by atoms with Crippen molar-refractivity contribution >= 4 is 17.5 Å². The fourth-order valence-corrected chi connectivity index (χ4v) is 3.77. The lowest BCUT2D eigenvalue weighted by Crippen LogP contribution is -2.27. The van der Waals surface area contributed by atoms with E-state index in [1.54, 1.807) is 42.3 Å². The van der Waals surface area contributed by atoms with E-state index in [-0.39, 0.29) is 30.1 Å². The second-order valence-electron chi connectivity index (χ2n) is 7.60. The molecule has 1 aliphatic heterocycles. The molecule has 1 aliphatic rings. The number of carbonyl (C=O) groups excluding carboxylic acids is 2. The van der Waals surface area contributed by atoms with Gasteiger partial charge in [-0.15, -0.1) is 0 Å². The van der Waals surface area contributed by atoms with Gasteiger partial charge in [-0.1, -0.05) is 24.3 Å². The molecule has 0 aliphatic carbocycles. The van der Waals surface area contributed by atoms with E-state index in [9.17, 15) is 14.0 Å². The zero-order valence-electron chi connectivity index (χ0n) is 17.4. The lowest BCUT2D eigenvalue weighted by molar-refractivity contribution is -0.117. The second kappa shape index (κ2) is 8.60. The van der Waals surface area contributed by atoms with E-state index in [1.807, 2.05) is 31.2 Å². The SMILES string of the molecule is COc1ccc([C@H](C)NC(=O)c2ccc3c(c2)CC(=O)N3Cc2cccc(F)c2)cc1. The summed E-state index contributed by atoms with van der Waals surface area (Å²) in [5.41, 5.74) is 3.74. The second-order valence-corrected chi connectivity index (χ2v) is 7.60. The number of rotatable bonds is 6. The highest BCUT2D eigenvalue weighted by molar-refractivity contribution is 6.03. The Bertz CT molecular complexity index is 1130. The van der Waals surface area contributed by atoms with Crippen LogP contribution in [-0.2, 0) is 17.8 Å². The van der Waals surface area contributed by atoms with Crippen molar-refractivity contribution in [1.82, 2.24) is 5.32 Å². The Balaban J connectivity index is 1.48. The third-order valence-electron chi connectivity index (χ3n) is 5.47. The average molecular weight is 418 g/mol. The normalized spacial score (nSPS) is 13.6. The van der Waals surface area contributed by atoms with Gasteiger partial charge in [-0.25, -0.2) is 4.39 Å². The minimum atomic E-state index is -0.331. The number of fused-ring (bicyclic) bond motifs is 1. The Morgan fingerprint density at radius 2 is 1.90 bits per heavy atom. The highest BCUT2D eigenvalue weighted by Crippen LogP contribution is 2.31. The fourth-order valence-electron chi connectivity index (χ4n) is 3.77. The smallest absolute Gasteiger partial charge is 0.251 e. The van der Waals surface area contributed by atoms with Crippen molar-refractivity contribution in [2.75, 3.05) is 12.0 Å². The molecule has 0 unspecified atom stereocenters. The predicted octanol–water partition coefficient (Wildman–Crippen LogP) is 4.41. The zero-order chi connectivity index (χ0) is 22.0. The van der Waals surface area contributed by atoms with Gasteiger partial charge in [0.25, 0.3) is 5.91 Å². The quantitative estimate of drug-likeness (QED) is 0.645. The standard InChI is InChI=1S/C25H23FN2O3/c1-16(18-6-9-22(31-2)10-7-18)27-25(30)19-8-11-23-20(13-19)14-24(29)28(23)15-17-4-3-5-21(26)12-17/h3-13,16H,14-15H2,1-2H3,(H,27,30)/t16-/m0/s1. The maximum absolute atomic E-state index is 13.5. The van der Waals surface area contributed by atoms with Gasteiger partial charge in [0.2, 0.25) is 5.91 Å². The summed E-state index contributed by atoms with van der Waals surface area (Å²) >= 11 is 0. The molecule has 5 nitrogen and oxygen atoms in total. The first-order chi connectivity index (χ1) is 14.9. The summed E-state index contributed by atoms with van der Waals surface area (Å²) in [5, 5.41) is 2.99. The Morgan fingerprint density at radius 3 is 2.61 bits per heavy atom. The van der Waals surface area contributed by atoms with Crippen molar-refractivity contribution < 1.29 is 18.7 Å². The van der Waals surface area contributed by atoms with Gasteiger partial charge >= 0.3 is 0 Å². The van der Waals surface area contributed by atoms with Crippen LogP contribution in [0.3, 0.4) is 0 Å². The number of carbonyl (C=O) groups is 2. The van der Waals surface area contributed by atoms with Crippen molar-refractivity contribution in [2.24, 2.45) is 0 Å². The maximum atomic E-state index is 13.5. The van der Waals surface area contributed by atoms with Gasteiger partial charge in [-0.2, -0.15) is 0 Å². The molecule has 0 bridgehead atoms. The Labute approximate surface area is 180 Å². The minimum absolute atomic E-state index is 0.0663. The first-order valence-electron chi connectivity index (χ1n) is 10.1. The summed E-state index contributed by atoms with van der Waals surface area (Å²) in [4.78, 5) is 26.9. The van der Waals surface area contributed by atoms with Gasteiger partial charge in [-0.05, 0) is 66.1 Å². The van der Waals surface area contributed by atoms with E-state index in [2.05, 4.69) is 5.32 Å². The Morgan fingerprint density at radius 1 is 1.13 bits per heavy atom. The van der Waals surface area contributed by atoms with Gasteiger partial charge in [-0.3, -0.25) is 9.59 Å². The predicted molar refractivity (Wildman–Crippen MR) is 117 cm³/mol. The van der Waals surface area contributed by atoms with Crippen LogP contribution in [0.1, 0.15) is 40.0 Å². The largest absolute Gasteiger partial charge is 0.497 e. The van der Waals surface area contributed by atoms with E-state index < -0.39 is 0 Å². The molecular formula is C25H23FN2O3. The van der Waals surface area contributed by atoms with Crippen LogP contribution in [0.2, 0.25) is 0 Å². The summed E-state index contributed by atoms with van der Waals surface area (Å²) in [6.45, 7) is 2.21. The summed E-state index contributed by atoms with van der Waals surface area (Å²) in [6, 6.07) is 18.8. The first-order valence-corrected chi connectivity index (χ1v) is 10.1. The topological polar surface area (TPSA) is 58.6 Å². The highest BCUT2D eigenvalue weighted by atomic mass is 19.1. The van der Waals surface area contributed by atoms with E-state index in [1.165, 1.54) is 12.1 Å². The molecule has 1 N–H and O–H groups in total. The van der Waals surface area contributed by atoms with Crippen LogP contribution in [-0.4, -0.2) is 18.9 Å². The average Bonchev–Trinajstić information content (AvgIpc) is 3.08. The van der Waals surface area contributed by atoms with E-state index in [0.29, 0.717) is 12.1 Å². The molecule has 4 rings (SSSR count). The summed E-state index contributed by atoms with van der Waals surface area (Å²) in [5.74, 6) is 0.154. The maximum Gasteiger partial charge on any atom is 0.251 e. The fraction of sp³-hybridized carbons (Fsp3) is 0.200. The van der Waals surface area contributed by atoms with Crippen LogP contribution in [0.15, 0.2) is 66.7 Å². The Hall–Kier alpha value is -3.67. The van der Waals surface area contributed by atoms with Crippen LogP contribution in [0.5, 0.6) is 5.75 Å². The lowest BCUT2D eigenvalue weighted by atomic mass is 10.1. The molecule has 0 fully saturated rings. The molecule has 0 aromatic heterocycles. The van der Waals surface area contributed by atoms with Crippen LogP contribution in [0.4, 0.5) is 10.1 Å². The number of nitrogens with one attached hydrogen (secondary N) is 1. The number of hydrogen-bond donors (Lipinski definition) is 1. The molecule has 0 saturated heterocycles. The summed E-state index contributed by atoms with van der Waals surface area (Å²) < 4.78 is 18.7. The number of hydrogen-bond acceptors (Lipinski definition) is 3. The van der Waals surface area contributed by atoms with Gasteiger partial charge < -0.3 is 15.0 Å². The molecule has 158 valence electrons. The van der Waals surface area contributed by atoms with Crippen LogP contribution < -0.4 is 15.0 Å². The van der Waals surface area contributed by atoms with E-state index in [0.717, 1.165) is 28.1 Å². The third-order valence-corrected chi connectivity index (χ3v) is 5.47. The molecule has 2 amide bonds. The number of methoxy groups -OCH3 is 1.